The number of para-hydroxylation sites is 1. The minimum absolute atomic E-state index is 0.747. The zero-order valence-electron chi connectivity index (χ0n) is 13.3. The van der Waals surface area contributed by atoms with Gasteiger partial charge in [-0.05, 0) is 49.1 Å². The summed E-state index contributed by atoms with van der Waals surface area (Å²) in [6.07, 6.45) is 3.14. The Bertz CT molecular complexity index is 835. The smallest absolute Gasteiger partial charge is 0.119 e. The van der Waals surface area contributed by atoms with Gasteiger partial charge in [0.25, 0.3) is 0 Å². The molecule has 0 radical (unpaired) electrons. The van der Waals surface area contributed by atoms with E-state index < -0.39 is 0 Å². The van der Waals surface area contributed by atoms with Crippen molar-refractivity contribution in [1.82, 2.24) is 9.78 Å². The summed E-state index contributed by atoms with van der Waals surface area (Å²) < 4.78 is 7.83. The predicted molar refractivity (Wildman–Crippen MR) is 92.2 cm³/mol. The van der Waals surface area contributed by atoms with E-state index in [1.807, 2.05) is 12.1 Å². The van der Waals surface area contributed by atoms with Crippen LogP contribution in [0.25, 0.3) is 16.9 Å². The van der Waals surface area contributed by atoms with E-state index in [0.29, 0.717) is 0 Å². The molecule has 1 aliphatic rings. The fourth-order valence-electron chi connectivity index (χ4n) is 3.10. The van der Waals surface area contributed by atoms with Crippen LogP contribution in [0, 0.1) is 0 Å². The zero-order chi connectivity index (χ0) is 15.6. The number of aryl methyl sites for hydroxylation is 2. The fraction of sp³-hybridized carbons (Fsp3) is 0.250. The lowest BCUT2D eigenvalue weighted by Gasteiger charge is -2.17. The summed E-state index contributed by atoms with van der Waals surface area (Å²) in [5.41, 5.74) is 5.98. The number of aromatic nitrogens is 2. The van der Waals surface area contributed by atoms with Gasteiger partial charge in [0, 0.05) is 11.3 Å². The van der Waals surface area contributed by atoms with Crippen molar-refractivity contribution in [3.05, 3.63) is 65.9 Å². The molecule has 2 heterocycles. The van der Waals surface area contributed by atoms with Gasteiger partial charge in [-0.1, -0.05) is 37.3 Å². The molecule has 0 fully saturated rings. The Hall–Kier alpha value is -2.55. The van der Waals surface area contributed by atoms with Crippen molar-refractivity contribution in [2.45, 2.75) is 26.2 Å². The third-order valence-corrected chi connectivity index (χ3v) is 4.26. The van der Waals surface area contributed by atoms with Crippen LogP contribution in [-0.4, -0.2) is 16.4 Å². The molecule has 2 aromatic carbocycles. The van der Waals surface area contributed by atoms with Crippen LogP contribution in [0.5, 0.6) is 5.75 Å². The first-order valence-corrected chi connectivity index (χ1v) is 8.25. The van der Waals surface area contributed by atoms with Crippen molar-refractivity contribution in [3.8, 4) is 22.7 Å². The number of hydrogen-bond donors (Lipinski definition) is 0. The molecule has 0 saturated carbocycles. The average molecular weight is 304 g/mol. The number of hydrogen-bond acceptors (Lipinski definition) is 2. The van der Waals surface area contributed by atoms with Crippen LogP contribution in [0.15, 0.2) is 54.6 Å². The van der Waals surface area contributed by atoms with Gasteiger partial charge in [0.05, 0.1) is 18.0 Å². The van der Waals surface area contributed by atoms with Crippen LogP contribution < -0.4 is 4.74 Å². The summed E-state index contributed by atoms with van der Waals surface area (Å²) in [5.74, 6) is 0.913. The topological polar surface area (TPSA) is 27.1 Å². The lowest BCUT2D eigenvalue weighted by atomic mass is 10.0. The maximum absolute atomic E-state index is 5.74. The molecule has 3 heteroatoms. The highest BCUT2D eigenvalue weighted by molar-refractivity contribution is 5.63. The summed E-state index contributed by atoms with van der Waals surface area (Å²) in [7, 11) is 0. The van der Waals surface area contributed by atoms with Gasteiger partial charge in [0.2, 0.25) is 0 Å². The van der Waals surface area contributed by atoms with Crippen molar-refractivity contribution >= 4 is 0 Å². The molecule has 0 saturated heterocycles. The third kappa shape index (κ3) is 2.63. The van der Waals surface area contributed by atoms with Crippen molar-refractivity contribution in [3.63, 3.8) is 0 Å². The highest BCUT2D eigenvalue weighted by atomic mass is 16.5. The van der Waals surface area contributed by atoms with Crippen molar-refractivity contribution in [2.75, 3.05) is 6.61 Å². The molecule has 3 nitrogen and oxygen atoms in total. The quantitative estimate of drug-likeness (QED) is 0.713. The number of nitrogens with zero attached hydrogens (tertiary/aromatic N) is 2. The number of benzene rings is 2. The van der Waals surface area contributed by atoms with Crippen molar-refractivity contribution < 1.29 is 4.74 Å². The van der Waals surface area contributed by atoms with Crippen LogP contribution in [-0.2, 0) is 12.8 Å². The highest BCUT2D eigenvalue weighted by Gasteiger charge is 2.18. The second-order valence-corrected chi connectivity index (χ2v) is 5.94. The van der Waals surface area contributed by atoms with E-state index in [1.54, 1.807) is 0 Å². The van der Waals surface area contributed by atoms with E-state index in [0.717, 1.165) is 42.9 Å². The van der Waals surface area contributed by atoms with Gasteiger partial charge in [-0.3, -0.25) is 0 Å². The molecule has 3 aromatic rings. The minimum atomic E-state index is 0.747. The molecule has 0 atom stereocenters. The van der Waals surface area contributed by atoms with Crippen molar-refractivity contribution in [2.24, 2.45) is 0 Å². The van der Waals surface area contributed by atoms with E-state index in [9.17, 15) is 0 Å². The molecule has 0 unspecified atom stereocenters. The van der Waals surface area contributed by atoms with Gasteiger partial charge in [-0.2, -0.15) is 5.10 Å². The fourth-order valence-corrected chi connectivity index (χ4v) is 3.10. The number of fused-ring (bicyclic) bond motifs is 3. The maximum atomic E-state index is 5.74. The summed E-state index contributed by atoms with van der Waals surface area (Å²) in [4.78, 5) is 0. The van der Waals surface area contributed by atoms with Crippen LogP contribution in [0.2, 0.25) is 0 Å². The summed E-state index contributed by atoms with van der Waals surface area (Å²) >= 11 is 0. The van der Waals surface area contributed by atoms with Crippen LogP contribution in [0.1, 0.15) is 24.6 Å². The molecular weight excluding hydrogens is 284 g/mol. The first kappa shape index (κ1) is 14.1. The number of rotatable bonds is 4. The lowest BCUT2D eigenvalue weighted by molar-refractivity contribution is 0.317. The molecule has 0 bridgehead atoms. The molecule has 0 spiro atoms. The second-order valence-electron chi connectivity index (χ2n) is 5.94. The molecule has 4 rings (SSSR count). The minimum Gasteiger partial charge on any atom is -0.494 e. The van der Waals surface area contributed by atoms with E-state index >= 15 is 0 Å². The average Bonchev–Trinajstić information content (AvgIpc) is 3.05. The Balaban J connectivity index is 1.71. The van der Waals surface area contributed by atoms with Crippen molar-refractivity contribution in [1.29, 1.82) is 0 Å². The largest absolute Gasteiger partial charge is 0.494 e. The highest BCUT2D eigenvalue weighted by Crippen LogP contribution is 2.29. The predicted octanol–water partition coefficient (Wildman–Crippen LogP) is 4.43. The van der Waals surface area contributed by atoms with Gasteiger partial charge in [-0.15, -0.1) is 0 Å². The third-order valence-electron chi connectivity index (χ3n) is 4.26. The first-order valence-electron chi connectivity index (χ1n) is 8.25. The van der Waals surface area contributed by atoms with Gasteiger partial charge in [0.1, 0.15) is 5.75 Å². The van der Waals surface area contributed by atoms with Gasteiger partial charge >= 0.3 is 0 Å². The Morgan fingerprint density at radius 2 is 1.96 bits per heavy atom. The Labute approximate surface area is 136 Å². The van der Waals surface area contributed by atoms with E-state index in [2.05, 4.69) is 54.1 Å². The van der Waals surface area contributed by atoms with E-state index in [-0.39, 0.29) is 0 Å². The molecule has 1 aliphatic heterocycles. The summed E-state index contributed by atoms with van der Waals surface area (Å²) in [5, 5.41) is 4.84. The Kier molecular flexibility index (Phi) is 3.62. The SMILES string of the molecule is CCCOc1cccc(-c2cc3n(n2)-c2ccccc2CC3)c1. The van der Waals surface area contributed by atoms with Gasteiger partial charge < -0.3 is 4.74 Å². The number of ether oxygens (including phenoxy) is 1. The molecule has 0 amide bonds. The van der Waals surface area contributed by atoms with Crippen LogP contribution in [0.3, 0.4) is 0 Å². The maximum Gasteiger partial charge on any atom is 0.119 e. The molecule has 23 heavy (non-hydrogen) atoms. The Morgan fingerprint density at radius 3 is 2.87 bits per heavy atom. The monoisotopic (exact) mass is 304 g/mol. The molecule has 0 aliphatic carbocycles. The standard InChI is InChI=1S/C20H20N2O/c1-2-12-23-18-8-5-7-16(13-18)19-14-17-11-10-15-6-3-4-9-20(15)22(17)21-19/h3-9,13-14H,2,10-12H2,1H3. The normalized spacial score (nSPS) is 12.6. The van der Waals surface area contributed by atoms with Crippen LogP contribution in [0.4, 0.5) is 0 Å². The zero-order valence-corrected chi connectivity index (χ0v) is 13.3. The van der Waals surface area contributed by atoms with E-state index in [4.69, 9.17) is 9.84 Å². The van der Waals surface area contributed by atoms with Crippen LogP contribution >= 0.6 is 0 Å². The molecular formula is C20H20N2O. The van der Waals surface area contributed by atoms with Gasteiger partial charge in [0.15, 0.2) is 0 Å². The summed E-state index contributed by atoms with van der Waals surface area (Å²) in [6, 6.07) is 18.9. The second kappa shape index (κ2) is 5.92. The van der Waals surface area contributed by atoms with E-state index in [1.165, 1.54) is 16.9 Å². The molecule has 1 aromatic heterocycles. The molecule has 0 N–H and O–H groups in total. The lowest BCUT2D eigenvalue weighted by Crippen LogP contribution is -2.12. The first-order chi connectivity index (χ1) is 11.3. The summed E-state index contributed by atoms with van der Waals surface area (Å²) in [6.45, 7) is 2.86. The molecule has 116 valence electrons. The Morgan fingerprint density at radius 1 is 1.04 bits per heavy atom. The van der Waals surface area contributed by atoms with Gasteiger partial charge in [-0.25, -0.2) is 4.68 Å².